The Morgan fingerprint density at radius 2 is 2.11 bits per heavy atom. The fraction of sp³-hybridized carbons (Fsp3) is 0.429. The number of nitrogens with one attached hydrogen (secondary N) is 1. The standard InChI is InChI=1S/C21H25N5O2/c1-3-14-8-5-6-10-17(14)24-20(27)15-9-7-11-26(12-15)19-18-16(4-2)25-28-21(18)23-13-22-19/h5-6,8,10,13,15H,3-4,7,9,11-12H2,1-2H3,(H,24,27)/t15-/m0/s1. The molecule has 0 radical (unpaired) electrons. The molecule has 146 valence electrons. The topological polar surface area (TPSA) is 84.2 Å². The van der Waals surface area contributed by atoms with Crippen molar-refractivity contribution in [2.75, 3.05) is 23.3 Å². The molecule has 3 heterocycles. The van der Waals surface area contributed by atoms with E-state index in [1.165, 1.54) is 6.33 Å². The van der Waals surface area contributed by atoms with Gasteiger partial charge in [-0.05, 0) is 37.3 Å². The van der Waals surface area contributed by atoms with Crippen molar-refractivity contribution in [1.82, 2.24) is 15.1 Å². The summed E-state index contributed by atoms with van der Waals surface area (Å²) in [5, 5.41) is 8.11. The minimum atomic E-state index is -0.0892. The number of carbonyl (C=O) groups excluding carboxylic acids is 1. The van der Waals surface area contributed by atoms with Crippen LogP contribution in [0.3, 0.4) is 0 Å². The van der Waals surface area contributed by atoms with Crippen molar-refractivity contribution in [3.63, 3.8) is 0 Å². The first-order chi connectivity index (χ1) is 13.7. The van der Waals surface area contributed by atoms with E-state index in [0.29, 0.717) is 12.3 Å². The number of piperidine rings is 1. The Balaban J connectivity index is 1.55. The monoisotopic (exact) mass is 379 g/mol. The van der Waals surface area contributed by atoms with E-state index >= 15 is 0 Å². The van der Waals surface area contributed by atoms with Crippen LogP contribution in [-0.4, -0.2) is 34.1 Å². The van der Waals surface area contributed by atoms with Gasteiger partial charge in [-0.1, -0.05) is 37.2 Å². The zero-order chi connectivity index (χ0) is 19.5. The highest BCUT2D eigenvalue weighted by Crippen LogP contribution is 2.30. The van der Waals surface area contributed by atoms with Crippen LogP contribution in [0.5, 0.6) is 0 Å². The van der Waals surface area contributed by atoms with Crippen LogP contribution in [0.15, 0.2) is 35.1 Å². The highest BCUT2D eigenvalue weighted by Gasteiger charge is 2.29. The summed E-state index contributed by atoms with van der Waals surface area (Å²) in [6, 6.07) is 7.98. The lowest BCUT2D eigenvalue weighted by molar-refractivity contribution is -0.120. The third kappa shape index (κ3) is 3.44. The van der Waals surface area contributed by atoms with Crippen LogP contribution in [0.2, 0.25) is 0 Å². The number of fused-ring (bicyclic) bond motifs is 1. The van der Waals surface area contributed by atoms with Crippen LogP contribution in [0.25, 0.3) is 11.1 Å². The number of carbonyl (C=O) groups is 1. The molecule has 3 aromatic rings. The number of hydrogen-bond acceptors (Lipinski definition) is 6. The van der Waals surface area contributed by atoms with Gasteiger partial charge in [-0.2, -0.15) is 4.98 Å². The molecule has 1 aliphatic heterocycles. The van der Waals surface area contributed by atoms with Crippen LogP contribution < -0.4 is 10.2 Å². The molecule has 1 N–H and O–H groups in total. The lowest BCUT2D eigenvalue weighted by atomic mass is 9.96. The van der Waals surface area contributed by atoms with E-state index < -0.39 is 0 Å². The Hall–Kier alpha value is -2.96. The van der Waals surface area contributed by atoms with E-state index in [-0.39, 0.29) is 11.8 Å². The number of hydrogen-bond donors (Lipinski definition) is 1. The van der Waals surface area contributed by atoms with Crippen molar-refractivity contribution in [2.24, 2.45) is 5.92 Å². The average Bonchev–Trinajstić information content (AvgIpc) is 3.17. The second kappa shape index (κ2) is 7.96. The molecule has 7 heteroatoms. The Bertz CT molecular complexity index is 984. The second-order valence-corrected chi connectivity index (χ2v) is 7.15. The fourth-order valence-electron chi connectivity index (χ4n) is 3.88. The van der Waals surface area contributed by atoms with Gasteiger partial charge in [0.25, 0.3) is 5.71 Å². The molecule has 0 spiro atoms. The minimum absolute atomic E-state index is 0.0666. The maximum absolute atomic E-state index is 12.9. The molecule has 0 aliphatic carbocycles. The molecule has 1 atom stereocenters. The number of anilines is 2. The fourth-order valence-corrected chi connectivity index (χ4v) is 3.88. The second-order valence-electron chi connectivity index (χ2n) is 7.15. The molecule has 0 unspecified atom stereocenters. The first kappa shape index (κ1) is 18.4. The van der Waals surface area contributed by atoms with Gasteiger partial charge in [0.15, 0.2) is 0 Å². The van der Waals surface area contributed by atoms with Gasteiger partial charge in [-0.3, -0.25) is 4.79 Å². The molecule has 2 aromatic heterocycles. The summed E-state index contributed by atoms with van der Waals surface area (Å²) >= 11 is 0. The summed E-state index contributed by atoms with van der Waals surface area (Å²) in [4.78, 5) is 23.8. The summed E-state index contributed by atoms with van der Waals surface area (Å²) in [6.07, 6.45) is 4.95. The maximum atomic E-state index is 12.9. The molecule has 1 aromatic carbocycles. The van der Waals surface area contributed by atoms with Gasteiger partial charge in [0, 0.05) is 18.8 Å². The molecule has 1 saturated heterocycles. The molecular weight excluding hydrogens is 354 g/mol. The number of rotatable bonds is 5. The normalized spacial score (nSPS) is 17.1. The Morgan fingerprint density at radius 3 is 2.93 bits per heavy atom. The number of nitrogens with zero attached hydrogens (tertiary/aromatic N) is 4. The Morgan fingerprint density at radius 1 is 1.25 bits per heavy atom. The van der Waals surface area contributed by atoms with Gasteiger partial charge in [0.1, 0.15) is 17.5 Å². The van der Waals surface area contributed by atoms with E-state index in [0.717, 1.165) is 60.4 Å². The quantitative estimate of drug-likeness (QED) is 0.729. The summed E-state index contributed by atoms with van der Waals surface area (Å²) in [7, 11) is 0. The van der Waals surface area contributed by atoms with Gasteiger partial charge in [-0.15, -0.1) is 0 Å². The third-order valence-electron chi connectivity index (χ3n) is 5.41. The number of aromatic nitrogens is 3. The minimum Gasteiger partial charge on any atom is -0.355 e. The zero-order valence-electron chi connectivity index (χ0n) is 16.3. The van der Waals surface area contributed by atoms with Gasteiger partial charge in [0.2, 0.25) is 5.91 Å². The van der Waals surface area contributed by atoms with E-state index in [1.807, 2.05) is 25.1 Å². The number of benzene rings is 1. The average molecular weight is 379 g/mol. The molecular formula is C21H25N5O2. The van der Waals surface area contributed by atoms with Crippen LogP contribution >= 0.6 is 0 Å². The smallest absolute Gasteiger partial charge is 0.263 e. The molecule has 7 nitrogen and oxygen atoms in total. The Labute approximate surface area is 164 Å². The molecule has 0 saturated carbocycles. The largest absolute Gasteiger partial charge is 0.355 e. The van der Waals surface area contributed by atoms with Crippen molar-refractivity contribution >= 4 is 28.5 Å². The van der Waals surface area contributed by atoms with E-state index in [4.69, 9.17) is 4.52 Å². The van der Waals surface area contributed by atoms with Gasteiger partial charge < -0.3 is 14.7 Å². The van der Waals surface area contributed by atoms with Crippen LogP contribution in [0.1, 0.15) is 37.9 Å². The summed E-state index contributed by atoms with van der Waals surface area (Å²) in [5.74, 6) is 0.792. The van der Waals surface area contributed by atoms with Gasteiger partial charge in [-0.25, -0.2) is 4.98 Å². The lowest BCUT2D eigenvalue weighted by Crippen LogP contribution is -2.41. The molecule has 0 bridgehead atoms. The van der Waals surface area contributed by atoms with E-state index in [2.05, 4.69) is 38.3 Å². The van der Waals surface area contributed by atoms with Crippen molar-refractivity contribution in [3.8, 4) is 0 Å². The molecule has 1 amide bonds. The molecule has 4 rings (SSSR count). The number of para-hydroxylation sites is 1. The van der Waals surface area contributed by atoms with E-state index in [9.17, 15) is 4.79 Å². The van der Waals surface area contributed by atoms with Crippen molar-refractivity contribution in [1.29, 1.82) is 0 Å². The summed E-state index contributed by atoms with van der Waals surface area (Å²) < 4.78 is 5.34. The van der Waals surface area contributed by atoms with Crippen molar-refractivity contribution in [3.05, 3.63) is 41.9 Å². The Kier molecular flexibility index (Phi) is 5.23. The first-order valence-electron chi connectivity index (χ1n) is 9.94. The van der Waals surface area contributed by atoms with Crippen molar-refractivity contribution < 1.29 is 9.32 Å². The highest BCUT2D eigenvalue weighted by atomic mass is 16.5. The van der Waals surface area contributed by atoms with Crippen molar-refractivity contribution in [2.45, 2.75) is 39.5 Å². The van der Waals surface area contributed by atoms with Crippen LogP contribution in [-0.2, 0) is 17.6 Å². The van der Waals surface area contributed by atoms with Gasteiger partial charge in [0.05, 0.1) is 11.6 Å². The highest BCUT2D eigenvalue weighted by molar-refractivity contribution is 5.94. The predicted molar refractivity (Wildman–Crippen MR) is 108 cm³/mol. The summed E-state index contributed by atoms with van der Waals surface area (Å²) in [6.45, 7) is 5.61. The molecule has 28 heavy (non-hydrogen) atoms. The third-order valence-corrected chi connectivity index (χ3v) is 5.41. The number of aryl methyl sites for hydroxylation is 2. The van der Waals surface area contributed by atoms with Crippen LogP contribution in [0.4, 0.5) is 11.5 Å². The molecule has 1 fully saturated rings. The number of amides is 1. The van der Waals surface area contributed by atoms with E-state index in [1.54, 1.807) is 0 Å². The predicted octanol–water partition coefficient (Wildman–Crippen LogP) is 3.60. The zero-order valence-corrected chi connectivity index (χ0v) is 16.3. The SMILES string of the molecule is CCc1ccccc1NC(=O)[C@H]1CCCN(c2ncnc3onc(CC)c23)C1. The first-order valence-corrected chi connectivity index (χ1v) is 9.94. The lowest BCUT2D eigenvalue weighted by Gasteiger charge is -2.33. The van der Waals surface area contributed by atoms with Crippen LogP contribution in [0, 0.1) is 5.92 Å². The molecule has 1 aliphatic rings. The van der Waals surface area contributed by atoms with Gasteiger partial charge >= 0.3 is 0 Å². The maximum Gasteiger partial charge on any atom is 0.263 e. The summed E-state index contributed by atoms with van der Waals surface area (Å²) in [5.41, 5.74) is 3.42.